The first-order chi connectivity index (χ1) is 5.62. The van der Waals surface area contributed by atoms with Crippen LogP contribution in [0.15, 0.2) is 0 Å². The van der Waals surface area contributed by atoms with Crippen LogP contribution in [0, 0.1) is 11.8 Å². The van der Waals surface area contributed by atoms with Crippen molar-refractivity contribution in [3.8, 4) is 0 Å². The molecule has 0 aromatic rings. The van der Waals surface area contributed by atoms with Gasteiger partial charge in [0.15, 0.2) is 0 Å². The molecule has 68 valence electrons. The first-order valence-corrected chi connectivity index (χ1v) is 4.62. The number of carboxylic acids is 1. The Morgan fingerprint density at radius 2 is 2.25 bits per heavy atom. The van der Waals surface area contributed by atoms with E-state index in [2.05, 4.69) is 0 Å². The lowest BCUT2D eigenvalue weighted by Crippen LogP contribution is -2.49. The van der Waals surface area contributed by atoms with Gasteiger partial charge < -0.3 is 10.8 Å². The van der Waals surface area contributed by atoms with Gasteiger partial charge in [-0.05, 0) is 37.5 Å². The molecule has 3 heteroatoms. The van der Waals surface area contributed by atoms with E-state index in [0.29, 0.717) is 5.92 Å². The summed E-state index contributed by atoms with van der Waals surface area (Å²) in [5.74, 6) is 0.507. The van der Waals surface area contributed by atoms with Gasteiger partial charge in [-0.1, -0.05) is 0 Å². The maximum absolute atomic E-state index is 10.6. The zero-order valence-electron chi connectivity index (χ0n) is 7.12. The minimum atomic E-state index is -0.745. The van der Waals surface area contributed by atoms with Crippen molar-refractivity contribution in [2.45, 2.75) is 37.6 Å². The molecule has 3 N–H and O–H groups in total. The van der Waals surface area contributed by atoms with E-state index in [1.165, 1.54) is 6.42 Å². The molecule has 2 rings (SSSR count). The van der Waals surface area contributed by atoms with Crippen LogP contribution in [-0.4, -0.2) is 16.6 Å². The predicted octanol–water partition coefficient (Wildman–Crippen LogP) is 0.979. The molecular formula is C9H15NO2. The highest BCUT2D eigenvalue weighted by atomic mass is 16.4. The van der Waals surface area contributed by atoms with Crippen LogP contribution in [0.1, 0.15) is 32.1 Å². The van der Waals surface area contributed by atoms with Crippen molar-refractivity contribution in [3.05, 3.63) is 0 Å². The van der Waals surface area contributed by atoms with Gasteiger partial charge in [-0.15, -0.1) is 0 Å². The van der Waals surface area contributed by atoms with Crippen LogP contribution in [0.25, 0.3) is 0 Å². The molecule has 2 aliphatic carbocycles. The third kappa shape index (κ3) is 1.04. The number of fused-ring (bicyclic) bond motifs is 1. The van der Waals surface area contributed by atoms with Crippen LogP contribution in [-0.2, 0) is 4.79 Å². The van der Waals surface area contributed by atoms with Crippen LogP contribution in [0.2, 0.25) is 0 Å². The molecule has 2 aliphatic rings. The Hall–Kier alpha value is -0.570. The van der Waals surface area contributed by atoms with E-state index >= 15 is 0 Å². The summed E-state index contributed by atoms with van der Waals surface area (Å²) < 4.78 is 0. The van der Waals surface area contributed by atoms with Crippen molar-refractivity contribution in [3.63, 3.8) is 0 Å². The summed E-state index contributed by atoms with van der Waals surface area (Å²) in [7, 11) is 0. The van der Waals surface area contributed by atoms with Gasteiger partial charge in [0.25, 0.3) is 0 Å². The average Bonchev–Trinajstić information content (AvgIpc) is 1.99. The fraction of sp³-hybridized carbons (Fsp3) is 0.889. The standard InChI is InChI=1S/C9H15NO2/c10-9(5-8(11)12)4-3-6-1-2-7(6)9/h6-7H,1-5,10H2,(H,11,12)/t6-,7-,9?/m1/s1. The summed E-state index contributed by atoms with van der Waals surface area (Å²) in [5.41, 5.74) is 5.70. The Balaban J connectivity index is 2.05. The third-order valence-corrected chi connectivity index (χ3v) is 3.62. The second-order valence-corrected chi connectivity index (χ2v) is 4.29. The molecule has 12 heavy (non-hydrogen) atoms. The molecule has 2 fully saturated rings. The van der Waals surface area contributed by atoms with E-state index in [-0.39, 0.29) is 12.0 Å². The van der Waals surface area contributed by atoms with E-state index in [0.717, 1.165) is 25.2 Å². The Kier molecular flexibility index (Phi) is 1.65. The molecule has 0 spiro atoms. The molecule has 0 saturated heterocycles. The summed E-state index contributed by atoms with van der Waals surface area (Å²) in [6.07, 6.45) is 4.63. The van der Waals surface area contributed by atoms with Gasteiger partial charge in [-0.25, -0.2) is 0 Å². The molecule has 3 atom stereocenters. The molecule has 0 bridgehead atoms. The molecule has 0 aromatic carbocycles. The highest BCUT2D eigenvalue weighted by Gasteiger charge is 2.51. The number of carbonyl (C=O) groups is 1. The van der Waals surface area contributed by atoms with Gasteiger partial charge in [0.2, 0.25) is 0 Å². The quantitative estimate of drug-likeness (QED) is 0.647. The largest absolute Gasteiger partial charge is 0.481 e. The fourth-order valence-corrected chi connectivity index (χ4v) is 2.81. The van der Waals surface area contributed by atoms with Gasteiger partial charge in [0.1, 0.15) is 0 Å². The maximum Gasteiger partial charge on any atom is 0.305 e. The summed E-state index contributed by atoms with van der Waals surface area (Å²) >= 11 is 0. The minimum absolute atomic E-state index is 0.161. The highest BCUT2D eigenvalue weighted by Crippen LogP contribution is 2.52. The van der Waals surface area contributed by atoms with Crippen molar-refractivity contribution in [1.82, 2.24) is 0 Å². The average molecular weight is 169 g/mol. The third-order valence-electron chi connectivity index (χ3n) is 3.62. The van der Waals surface area contributed by atoms with E-state index in [4.69, 9.17) is 10.8 Å². The fourth-order valence-electron chi connectivity index (χ4n) is 2.81. The number of hydrogen-bond acceptors (Lipinski definition) is 2. The number of aliphatic carboxylic acids is 1. The summed E-state index contributed by atoms with van der Waals surface area (Å²) in [5, 5.41) is 8.69. The molecule has 0 heterocycles. The number of rotatable bonds is 2. The molecule has 3 nitrogen and oxygen atoms in total. The minimum Gasteiger partial charge on any atom is -0.481 e. The summed E-state index contributed by atoms with van der Waals surface area (Å²) in [6, 6.07) is 0. The summed E-state index contributed by atoms with van der Waals surface area (Å²) in [4.78, 5) is 10.6. The monoisotopic (exact) mass is 169 g/mol. The van der Waals surface area contributed by atoms with Gasteiger partial charge in [0.05, 0.1) is 6.42 Å². The van der Waals surface area contributed by atoms with E-state index < -0.39 is 5.97 Å². The molecular weight excluding hydrogens is 154 g/mol. The number of nitrogens with two attached hydrogens (primary N) is 1. The maximum atomic E-state index is 10.6. The van der Waals surface area contributed by atoms with Gasteiger partial charge >= 0.3 is 5.97 Å². The van der Waals surface area contributed by atoms with Crippen molar-refractivity contribution in [2.24, 2.45) is 17.6 Å². The topological polar surface area (TPSA) is 63.3 Å². The zero-order valence-corrected chi connectivity index (χ0v) is 7.12. The molecule has 0 radical (unpaired) electrons. The van der Waals surface area contributed by atoms with Crippen molar-refractivity contribution in [2.75, 3.05) is 0 Å². The van der Waals surface area contributed by atoms with E-state index in [9.17, 15) is 4.79 Å². The second-order valence-electron chi connectivity index (χ2n) is 4.29. The predicted molar refractivity (Wildman–Crippen MR) is 44.6 cm³/mol. The highest BCUT2D eigenvalue weighted by molar-refractivity contribution is 5.68. The zero-order chi connectivity index (χ0) is 8.77. The number of carboxylic acid groups (broad SMARTS) is 1. The first kappa shape index (κ1) is 8.05. The van der Waals surface area contributed by atoms with Crippen LogP contribution in [0.3, 0.4) is 0 Å². The van der Waals surface area contributed by atoms with Gasteiger partial charge in [0, 0.05) is 5.54 Å². The van der Waals surface area contributed by atoms with Gasteiger partial charge in [-0.3, -0.25) is 4.79 Å². The molecule has 0 amide bonds. The van der Waals surface area contributed by atoms with Crippen LogP contribution >= 0.6 is 0 Å². The van der Waals surface area contributed by atoms with E-state index in [1.807, 2.05) is 0 Å². The lowest BCUT2D eigenvalue weighted by molar-refractivity contribution is -0.139. The summed E-state index contributed by atoms with van der Waals surface area (Å²) in [6.45, 7) is 0. The first-order valence-electron chi connectivity index (χ1n) is 4.62. The Morgan fingerprint density at radius 3 is 2.67 bits per heavy atom. The smallest absolute Gasteiger partial charge is 0.305 e. The Bertz CT molecular complexity index is 217. The lowest BCUT2D eigenvalue weighted by Gasteiger charge is -2.39. The normalized spacial score (nSPS) is 45.1. The van der Waals surface area contributed by atoms with Crippen LogP contribution in [0.5, 0.6) is 0 Å². The molecule has 1 unspecified atom stereocenters. The van der Waals surface area contributed by atoms with Crippen molar-refractivity contribution < 1.29 is 9.90 Å². The van der Waals surface area contributed by atoms with Crippen molar-refractivity contribution >= 4 is 5.97 Å². The molecule has 0 aliphatic heterocycles. The molecule has 0 aromatic heterocycles. The van der Waals surface area contributed by atoms with E-state index in [1.54, 1.807) is 0 Å². The van der Waals surface area contributed by atoms with Crippen LogP contribution in [0.4, 0.5) is 0 Å². The Labute approximate surface area is 71.9 Å². The van der Waals surface area contributed by atoms with Crippen LogP contribution < -0.4 is 5.73 Å². The van der Waals surface area contributed by atoms with Gasteiger partial charge in [-0.2, -0.15) is 0 Å². The SMILES string of the molecule is NC1(CC(=O)O)CC[C@H]2CC[C@H]21. The lowest BCUT2D eigenvalue weighted by atomic mass is 9.69. The molecule has 2 saturated carbocycles. The van der Waals surface area contributed by atoms with Crippen molar-refractivity contribution in [1.29, 1.82) is 0 Å². The second kappa shape index (κ2) is 2.46. The Morgan fingerprint density at radius 1 is 1.50 bits per heavy atom. The number of hydrogen-bond donors (Lipinski definition) is 2.